The minimum atomic E-state index is -0.201. The first-order valence-electron chi connectivity index (χ1n) is 15.8. The van der Waals surface area contributed by atoms with Crippen LogP contribution in [-0.2, 0) is 5.41 Å². The van der Waals surface area contributed by atoms with Crippen LogP contribution in [0, 0.1) is 0 Å². The van der Waals surface area contributed by atoms with Gasteiger partial charge in [-0.1, -0.05) is 153 Å². The lowest BCUT2D eigenvalue weighted by Gasteiger charge is -2.31. The molecule has 0 atom stereocenters. The highest BCUT2D eigenvalue weighted by molar-refractivity contribution is 6.02. The van der Waals surface area contributed by atoms with Crippen molar-refractivity contribution in [3.05, 3.63) is 198 Å². The van der Waals surface area contributed by atoms with Gasteiger partial charge in [0.15, 0.2) is 0 Å². The Morgan fingerprint density at radius 2 is 1.00 bits per heavy atom. The van der Waals surface area contributed by atoms with Crippen molar-refractivity contribution in [2.75, 3.05) is 4.90 Å². The van der Waals surface area contributed by atoms with Crippen molar-refractivity contribution in [3.63, 3.8) is 0 Å². The molecule has 0 bridgehead atoms. The molecule has 0 amide bonds. The van der Waals surface area contributed by atoms with Gasteiger partial charge in [-0.15, -0.1) is 0 Å². The summed E-state index contributed by atoms with van der Waals surface area (Å²) in [5.74, 6) is 0.0844. The molecule has 0 saturated heterocycles. The van der Waals surface area contributed by atoms with Crippen molar-refractivity contribution in [2.45, 2.75) is 25.2 Å². The average molecular weight is 578 g/mol. The monoisotopic (exact) mass is 577 g/mol. The summed E-state index contributed by atoms with van der Waals surface area (Å²) >= 11 is 0. The van der Waals surface area contributed by atoms with Gasteiger partial charge in [0, 0.05) is 28.3 Å². The van der Waals surface area contributed by atoms with Gasteiger partial charge in [-0.2, -0.15) is 0 Å². The third kappa shape index (κ3) is 4.55. The summed E-state index contributed by atoms with van der Waals surface area (Å²) in [6, 6.07) is 62.0. The van der Waals surface area contributed by atoms with E-state index in [1.54, 1.807) is 0 Å². The van der Waals surface area contributed by atoms with E-state index in [0.717, 1.165) is 11.4 Å². The van der Waals surface area contributed by atoms with E-state index in [9.17, 15) is 0 Å². The number of hydrogen-bond donors (Lipinski definition) is 0. The summed E-state index contributed by atoms with van der Waals surface area (Å²) < 4.78 is 0. The Morgan fingerprint density at radius 3 is 1.58 bits per heavy atom. The number of benzene rings is 7. The molecule has 1 nitrogen and oxygen atoms in total. The Bertz CT molecular complexity index is 2030. The Labute approximate surface area is 266 Å². The van der Waals surface area contributed by atoms with Crippen LogP contribution >= 0.6 is 0 Å². The van der Waals surface area contributed by atoms with Crippen LogP contribution in [0.3, 0.4) is 0 Å². The first-order chi connectivity index (χ1) is 22.1. The zero-order valence-corrected chi connectivity index (χ0v) is 25.7. The molecule has 1 aliphatic rings. The molecule has 0 heterocycles. The lowest BCUT2D eigenvalue weighted by molar-refractivity contribution is 0.664. The number of hydrogen-bond acceptors (Lipinski definition) is 1. The molecule has 0 fully saturated rings. The van der Waals surface area contributed by atoms with E-state index in [1.807, 2.05) is 0 Å². The maximum absolute atomic E-state index is 2.51. The molecule has 45 heavy (non-hydrogen) atoms. The van der Waals surface area contributed by atoms with Crippen molar-refractivity contribution in [1.82, 2.24) is 0 Å². The second kappa shape index (κ2) is 10.9. The van der Waals surface area contributed by atoms with Crippen LogP contribution in [0.4, 0.5) is 17.1 Å². The largest absolute Gasteiger partial charge is 0.310 e. The lowest BCUT2D eigenvalue weighted by Crippen LogP contribution is -2.18. The summed E-state index contributed by atoms with van der Waals surface area (Å²) in [5, 5.41) is 2.62. The van der Waals surface area contributed by atoms with Crippen molar-refractivity contribution in [1.29, 1.82) is 0 Å². The molecule has 7 aromatic rings. The summed E-state index contributed by atoms with van der Waals surface area (Å²) in [4.78, 5) is 2.45. The van der Waals surface area contributed by atoms with Gasteiger partial charge in [0.1, 0.15) is 0 Å². The Balaban J connectivity index is 1.49. The number of nitrogens with zero attached hydrogens (tertiary/aromatic N) is 1. The van der Waals surface area contributed by atoms with Crippen molar-refractivity contribution in [2.24, 2.45) is 0 Å². The number of rotatable bonds is 6. The summed E-state index contributed by atoms with van der Waals surface area (Å²) in [5.41, 5.74) is 12.6. The number of fused-ring (bicyclic) bond motifs is 5. The van der Waals surface area contributed by atoms with Crippen LogP contribution < -0.4 is 4.90 Å². The fourth-order valence-corrected chi connectivity index (χ4v) is 7.51. The fraction of sp³-hybridized carbons (Fsp3) is 0.0909. The minimum absolute atomic E-state index is 0.0844. The van der Waals surface area contributed by atoms with E-state index < -0.39 is 0 Å². The zero-order valence-electron chi connectivity index (χ0n) is 25.7. The Hall–Kier alpha value is -5.40. The van der Waals surface area contributed by atoms with Gasteiger partial charge in [0.2, 0.25) is 0 Å². The summed E-state index contributed by atoms with van der Waals surface area (Å²) in [7, 11) is 0. The molecular weight excluding hydrogens is 542 g/mol. The normalized spacial score (nSPS) is 13.0. The van der Waals surface area contributed by atoms with Gasteiger partial charge in [0.25, 0.3) is 0 Å². The van der Waals surface area contributed by atoms with E-state index in [1.165, 1.54) is 55.4 Å². The van der Waals surface area contributed by atoms with E-state index in [2.05, 4.69) is 189 Å². The highest BCUT2D eigenvalue weighted by Crippen LogP contribution is 2.57. The second-order valence-corrected chi connectivity index (χ2v) is 12.6. The van der Waals surface area contributed by atoms with E-state index in [-0.39, 0.29) is 11.3 Å². The Morgan fingerprint density at radius 1 is 0.489 bits per heavy atom. The number of para-hydroxylation sites is 2. The fourth-order valence-electron chi connectivity index (χ4n) is 7.51. The van der Waals surface area contributed by atoms with E-state index in [4.69, 9.17) is 0 Å². The Kier molecular flexibility index (Phi) is 6.61. The topological polar surface area (TPSA) is 3.24 Å². The molecule has 0 radical (unpaired) electrons. The predicted octanol–water partition coefficient (Wildman–Crippen LogP) is 11.8. The van der Waals surface area contributed by atoms with Gasteiger partial charge in [-0.3, -0.25) is 0 Å². The van der Waals surface area contributed by atoms with Crippen molar-refractivity contribution in [3.8, 4) is 11.1 Å². The van der Waals surface area contributed by atoms with Gasteiger partial charge in [-0.25, -0.2) is 0 Å². The summed E-state index contributed by atoms with van der Waals surface area (Å²) in [6.07, 6.45) is 0. The van der Waals surface area contributed by atoms with Crippen LogP contribution in [0.25, 0.3) is 21.9 Å². The first-order valence-corrected chi connectivity index (χ1v) is 15.8. The highest BCUT2D eigenvalue weighted by atomic mass is 15.1. The number of anilines is 3. The quantitative estimate of drug-likeness (QED) is 0.178. The lowest BCUT2D eigenvalue weighted by atomic mass is 9.77. The van der Waals surface area contributed by atoms with Gasteiger partial charge in [0.05, 0.1) is 5.69 Å². The maximum atomic E-state index is 2.51. The van der Waals surface area contributed by atoms with Crippen LogP contribution in [-0.4, -0.2) is 0 Å². The van der Waals surface area contributed by atoms with Gasteiger partial charge >= 0.3 is 0 Å². The smallest absolute Gasteiger partial charge is 0.0546 e. The van der Waals surface area contributed by atoms with Crippen LogP contribution in [0.5, 0.6) is 0 Å². The van der Waals surface area contributed by atoms with Crippen molar-refractivity contribution >= 4 is 27.8 Å². The first kappa shape index (κ1) is 27.2. The molecule has 0 spiro atoms. The highest BCUT2D eigenvalue weighted by Gasteiger charge is 2.40. The van der Waals surface area contributed by atoms with Gasteiger partial charge in [-0.05, 0) is 74.5 Å². The van der Waals surface area contributed by atoms with Crippen LogP contribution in [0.1, 0.15) is 47.6 Å². The predicted molar refractivity (Wildman–Crippen MR) is 190 cm³/mol. The molecule has 1 heteroatoms. The van der Waals surface area contributed by atoms with Gasteiger partial charge < -0.3 is 4.90 Å². The third-order valence-corrected chi connectivity index (χ3v) is 9.51. The van der Waals surface area contributed by atoms with E-state index >= 15 is 0 Å². The summed E-state index contributed by atoms with van der Waals surface area (Å²) in [6.45, 7) is 4.82. The molecule has 0 aromatic heterocycles. The van der Waals surface area contributed by atoms with Crippen LogP contribution in [0.15, 0.2) is 170 Å². The average Bonchev–Trinajstić information content (AvgIpc) is 3.33. The molecular formula is C44H35N. The third-order valence-electron chi connectivity index (χ3n) is 9.51. The second-order valence-electron chi connectivity index (χ2n) is 12.6. The minimum Gasteiger partial charge on any atom is -0.310 e. The molecule has 0 unspecified atom stereocenters. The molecule has 216 valence electrons. The van der Waals surface area contributed by atoms with Crippen molar-refractivity contribution < 1.29 is 0 Å². The standard InChI is InChI=1S/C44H35N/c1-44(2)39-29-34(41(32-18-7-3-8-19-32)33-20-9-4-10-21-33)30-40(42(39)38-28-27-31-17-15-16-26-37(31)43(38)44)45(35-22-11-5-12-23-35)36-24-13-6-14-25-36/h3-30,41H,1-2H3. The van der Waals surface area contributed by atoms with E-state index in [0.29, 0.717) is 0 Å². The maximum Gasteiger partial charge on any atom is 0.0546 e. The molecule has 7 aromatic carbocycles. The molecule has 8 rings (SSSR count). The zero-order chi connectivity index (χ0) is 30.4. The SMILES string of the molecule is CC1(C)c2cc(C(c3ccccc3)c3ccccc3)cc(N(c3ccccc3)c3ccccc3)c2-c2ccc3ccccc3c21. The molecule has 0 N–H and O–H groups in total. The molecule has 0 aliphatic heterocycles. The molecule has 0 saturated carbocycles. The van der Waals surface area contributed by atoms with Crippen LogP contribution in [0.2, 0.25) is 0 Å². The molecule has 1 aliphatic carbocycles.